The lowest BCUT2D eigenvalue weighted by Gasteiger charge is -2.10. The normalized spacial score (nSPS) is 10.0. The molecule has 6 heteroatoms. The van der Waals surface area contributed by atoms with Crippen molar-refractivity contribution in [3.05, 3.63) is 52.6 Å². The average Bonchev–Trinajstić information content (AvgIpc) is 2.38. The lowest BCUT2D eigenvalue weighted by atomic mass is 10.2. The van der Waals surface area contributed by atoms with Gasteiger partial charge in [-0.05, 0) is 24.3 Å². The standard InChI is InChI=1S/C13H8ClF2N3/c14-9-4-12(18)13(5-11(9)16)19-8-1-2-10(15)7(3-8)6-17/h1-5,19H,18H2. The van der Waals surface area contributed by atoms with Gasteiger partial charge in [0.15, 0.2) is 0 Å². The molecule has 19 heavy (non-hydrogen) atoms. The van der Waals surface area contributed by atoms with Gasteiger partial charge in [-0.25, -0.2) is 8.78 Å². The maximum absolute atomic E-state index is 13.3. The highest BCUT2D eigenvalue weighted by Crippen LogP contribution is 2.29. The van der Waals surface area contributed by atoms with Crippen LogP contribution in [0.4, 0.5) is 25.8 Å². The molecule has 0 saturated heterocycles. The van der Waals surface area contributed by atoms with Crippen LogP contribution in [0.2, 0.25) is 5.02 Å². The fourth-order valence-electron chi connectivity index (χ4n) is 1.51. The van der Waals surface area contributed by atoms with Crippen LogP contribution >= 0.6 is 11.6 Å². The maximum atomic E-state index is 13.3. The Kier molecular flexibility index (Phi) is 3.54. The van der Waals surface area contributed by atoms with Crippen molar-refractivity contribution in [2.75, 3.05) is 11.1 Å². The fourth-order valence-corrected chi connectivity index (χ4v) is 1.69. The molecule has 0 radical (unpaired) electrons. The van der Waals surface area contributed by atoms with Gasteiger partial charge in [0, 0.05) is 11.8 Å². The number of nitriles is 1. The molecule has 0 heterocycles. The molecule has 3 N–H and O–H groups in total. The van der Waals surface area contributed by atoms with Gasteiger partial charge in [-0.1, -0.05) is 11.6 Å². The van der Waals surface area contributed by atoms with Crippen molar-refractivity contribution in [2.45, 2.75) is 0 Å². The number of nitrogens with one attached hydrogen (secondary N) is 1. The van der Waals surface area contributed by atoms with E-state index in [1.807, 2.05) is 0 Å². The molecule has 0 aliphatic rings. The predicted octanol–water partition coefficient (Wildman–Crippen LogP) is 3.82. The molecule has 2 aromatic rings. The van der Waals surface area contributed by atoms with Crippen molar-refractivity contribution < 1.29 is 8.78 Å². The number of rotatable bonds is 2. The smallest absolute Gasteiger partial charge is 0.144 e. The molecule has 3 nitrogen and oxygen atoms in total. The Bertz CT molecular complexity index is 680. The van der Waals surface area contributed by atoms with Crippen LogP contribution in [0.25, 0.3) is 0 Å². The summed E-state index contributed by atoms with van der Waals surface area (Å²) in [6, 6.07) is 7.99. The first kappa shape index (κ1) is 13.1. The van der Waals surface area contributed by atoms with E-state index in [4.69, 9.17) is 22.6 Å². The third-order valence-electron chi connectivity index (χ3n) is 2.46. The molecule has 2 aromatic carbocycles. The van der Waals surface area contributed by atoms with E-state index in [-0.39, 0.29) is 22.0 Å². The van der Waals surface area contributed by atoms with Crippen LogP contribution in [-0.4, -0.2) is 0 Å². The highest BCUT2D eigenvalue weighted by atomic mass is 35.5. The minimum Gasteiger partial charge on any atom is -0.397 e. The Hall–Kier alpha value is -2.32. The van der Waals surface area contributed by atoms with Crippen molar-refractivity contribution >= 4 is 28.7 Å². The number of nitrogens with zero attached hydrogens (tertiary/aromatic N) is 1. The summed E-state index contributed by atoms with van der Waals surface area (Å²) < 4.78 is 26.5. The maximum Gasteiger partial charge on any atom is 0.144 e. The van der Waals surface area contributed by atoms with Gasteiger partial charge in [0.25, 0.3) is 0 Å². The van der Waals surface area contributed by atoms with E-state index >= 15 is 0 Å². The minimum absolute atomic E-state index is 0.0835. The van der Waals surface area contributed by atoms with Crippen molar-refractivity contribution in [3.8, 4) is 6.07 Å². The Morgan fingerprint density at radius 1 is 1.16 bits per heavy atom. The van der Waals surface area contributed by atoms with Crippen molar-refractivity contribution in [1.29, 1.82) is 5.26 Å². The first-order chi connectivity index (χ1) is 9.01. The Morgan fingerprint density at radius 2 is 1.89 bits per heavy atom. The van der Waals surface area contributed by atoms with Crippen molar-refractivity contribution in [1.82, 2.24) is 0 Å². The lowest BCUT2D eigenvalue weighted by molar-refractivity contribution is 0.624. The molecular weight excluding hydrogens is 272 g/mol. The van der Waals surface area contributed by atoms with Gasteiger partial charge in [-0.15, -0.1) is 0 Å². The van der Waals surface area contributed by atoms with Crippen LogP contribution in [0, 0.1) is 23.0 Å². The molecule has 0 unspecified atom stereocenters. The lowest BCUT2D eigenvalue weighted by Crippen LogP contribution is -1.98. The molecular formula is C13H8ClF2N3. The number of hydrogen-bond acceptors (Lipinski definition) is 3. The first-order valence-electron chi connectivity index (χ1n) is 5.22. The highest BCUT2D eigenvalue weighted by molar-refractivity contribution is 6.31. The van der Waals surface area contributed by atoms with Crippen LogP contribution < -0.4 is 11.1 Å². The number of halogens is 3. The number of hydrogen-bond donors (Lipinski definition) is 2. The zero-order valence-corrected chi connectivity index (χ0v) is 10.3. The second-order valence-corrected chi connectivity index (χ2v) is 4.19. The number of benzene rings is 2. The molecule has 0 bridgehead atoms. The van der Waals surface area contributed by atoms with Crippen LogP contribution in [0.5, 0.6) is 0 Å². The van der Waals surface area contributed by atoms with Crippen LogP contribution in [0.1, 0.15) is 5.56 Å². The fraction of sp³-hybridized carbons (Fsp3) is 0. The Balaban J connectivity index is 2.37. The number of nitrogen functional groups attached to an aromatic ring is 1. The van der Waals surface area contributed by atoms with Gasteiger partial charge in [0.05, 0.1) is 22.0 Å². The molecule has 0 aliphatic carbocycles. The molecule has 0 amide bonds. The molecule has 0 saturated carbocycles. The summed E-state index contributed by atoms with van der Waals surface area (Å²) in [5.41, 5.74) is 6.53. The molecule has 0 aliphatic heterocycles. The summed E-state index contributed by atoms with van der Waals surface area (Å²) in [4.78, 5) is 0. The van der Waals surface area contributed by atoms with Crippen molar-refractivity contribution in [2.24, 2.45) is 0 Å². The summed E-state index contributed by atoms with van der Waals surface area (Å²) in [6.45, 7) is 0. The van der Waals surface area contributed by atoms with Gasteiger partial charge in [-0.2, -0.15) is 5.26 Å². The molecule has 0 spiro atoms. The summed E-state index contributed by atoms with van der Waals surface area (Å²) in [5, 5.41) is 11.4. The largest absolute Gasteiger partial charge is 0.397 e. The Morgan fingerprint density at radius 3 is 2.58 bits per heavy atom. The zero-order valence-electron chi connectivity index (χ0n) is 9.55. The van der Waals surface area contributed by atoms with Gasteiger partial charge < -0.3 is 11.1 Å². The third-order valence-corrected chi connectivity index (χ3v) is 2.75. The Labute approximate surface area is 113 Å². The third kappa shape index (κ3) is 2.75. The summed E-state index contributed by atoms with van der Waals surface area (Å²) in [6.07, 6.45) is 0. The van der Waals surface area contributed by atoms with E-state index in [0.29, 0.717) is 5.69 Å². The van der Waals surface area contributed by atoms with Gasteiger partial charge in [0.2, 0.25) is 0 Å². The van der Waals surface area contributed by atoms with E-state index in [9.17, 15) is 8.78 Å². The van der Waals surface area contributed by atoms with Gasteiger partial charge in [-0.3, -0.25) is 0 Å². The summed E-state index contributed by atoms with van der Waals surface area (Å²) in [7, 11) is 0. The van der Waals surface area contributed by atoms with E-state index in [0.717, 1.165) is 12.1 Å². The van der Waals surface area contributed by atoms with Crippen LogP contribution in [-0.2, 0) is 0 Å². The second kappa shape index (κ2) is 5.12. The number of anilines is 3. The molecule has 0 atom stereocenters. The monoisotopic (exact) mass is 279 g/mol. The second-order valence-electron chi connectivity index (χ2n) is 3.78. The summed E-state index contributed by atoms with van der Waals surface area (Å²) in [5.74, 6) is -1.25. The molecule has 0 fully saturated rings. The minimum atomic E-state index is -0.624. The molecule has 2 rings (SSSR count). The zero-order chi connectivity index (χ0) is 14.0. The quantitative estimate of drug-likeness (QED) is 0.822. The topological polar surface area (TPSA) is 61.8 Å². The van der Waals surface area contributed by atoms with E-state index in [1.165, 1.54) is 18.2 Å². The molecule has 96 valence electrons. The molecule has 0 aromatic heterocycles. The van der Waals surface area contributed by atoms with Crippen LogP contribution in [0.15, 0.2) is 30.3 Å². The first-order valence-corrected chi connectivity index (χ1v) is 5.60. The average molecular weight is 280 g/mol. The summed E-state index contributed by atoms with van der Waals surface area (Å²) >= 11 is 5.58. The van der Waals surface area contributed by atoms with E-state index in [1.54, 1.807) is 6.07 Å². The van der Waals surface area contributed by atoms with E-state index in [2.05, 4.69) is 5.32 Å². The highest BCUT2D eigenvalue weighted by Gasteiger charge is 2.08. The van der Waals surface area contributed by atoms with Gasteiger partial charge in [0.1, 0.15) is 17.7 Å². The van der Waals surface area contributed by atoms with E-state index < -0.39 is 11.6 Å². The number of nitrogens with two attached hydrogens (primary N) is 1. The SMILES string of the molecule is N#Cc1cc(Nc2cc(F)c(Cl)cc2N)ccc1F. The predicted molar refractivity (Wildman–Crippen MR) is 70.2 cm³/mol. The van der Waals surface area contributed by atoms with Gasteiger partial charge >= 0.3 is 0 Å². The van der Waals surface area contributed by atoms with Crippen LogP contribution in [0.3, 0.4) is 0 Å². The van der Waals surface area contributed by atoms with Crippen molar-refractivity contribution in [3.63, 3.8) is 0 Å².